The van der Waals surface area contributed by atoms with Gasteiger partial charge in [-0.25, -0.2) is 0 Å². The summed E-state index contributed by atoms with van der Waals surface area (Å²) in [5, 5.41) is 5.15. The monoisotopic (exact) mass is 410 g/mol. The number of benzene rings is 2. The number of halogens is 1. The number of aromatic nitrogens is 2. The highest BCUT2D eigenvalue weighted by Crippen LogP contribution is 2.24. The van der Waals surface area contributed by atoms with Gasteiger partial charge in [0, 0.05) is 55.6 Å². The minimum absolute atomic E-state index is 0.00132. The van der Waals surface area contributed by atoms with Gasteiger partial charge in [0.1, 0.15) is 11.4 Å². The molecular weight excluding hydrogens is 388 g/mol. The molecule has 4 rings (SSSR count). The van der Waals surface area contributed by atoms with Crippen molar-refractivity contribution in [2.75, 3.05) is 38.2 Å². The van der Waals surface area contributed by atoms with Gasteiger partial charge in [-0.1, -0.05) is 29.8 Å². The molecule has 0 spiro atoms. The third kappa shape index (κ3) is 4.07. The maximum Gasteiger partial charge on any atom is 0.272 e. The second-order valence-corrected chi connectivity index (χ2v) is 7.47. The molecule has 0 atom stereocenters. The van der Waals surface area contributed by atoms with E-state index in [4.69, 9.17) is 16.3 Å². The molecule has 1 fully saturated rings. The highest BCUT2D eigenvalue weighted by atomic mass is 35.5. The quantitative estimate of drug-likeness (QED) is 0.658. The molecule has 0 radical (unpaired) electrons. The second kappa shape index (κ2) is 8.17. The Morgan fingerprint density at radius 3 is 2.52 bits per heavy atom. The Balaban J connectivity index is 1.46. The maximum atomic E-state index is 13.1. The fraction of sp³-hybridized carbons (Fsp3) is 0.273. The first kappa shape index (κ1) is 19.3. The fourth-order valence-corrected chi connectivity index (χ4v) is 3.78. The Bertz CT molecular complexity index is 1030. The third-order valence-corrected chi connectivity index (χ3v) is 5.44. The van der Waals surface area contributed by atoms with E-state index in [1.54, 1.807) is 18.8 Å². The van der Waals surface area contributed by atoms with Gasteiger partial charge in [0.15, 0.2) is 0 Å². The molecule has 1 saturated heterocycles. The lowest BCUT2D eigenvalue weighted by molar-refractivity contribution is 0.0735. The van der Waals surface area contributed by atoms with E-state index in [0.29, 0.717) is 23.8 Å². The first-order chi connectivity index (χ1) is 14.0. The van der Waals surface area contributed by atoms with Crippen LogP contribution in [0.5, 0.6) is 5.75 Å². The van der Waals surface area contributed by atoms with E-state index in [1.165, 1.54) is 0 Å². The molecule has 2 aromatic carbocycles. The van der Waals surface area contributed by atoms with Crippen LogP contribution in [0.25, 0.3) is 11.3 Å². The van der Waals surface area contributed by atoms with Crippen molar-refractivity contribution in [2.24, 2.45) is 7.05 Å². The number of rotatable bonds is 4. The molecule has 0 saturated carbocycles. The molecule has 0 unspecified atom stereocenters. The number of hydrogen-bond acceptors (Lipinski definition) is 4. The number of hydrogen-bond donors (Lipinski definition) is 0. The smallest absolute Gasteiger partial charge is 0.272 e. The van der Waals surface area contributed by atoms with Crippen molar-refractivity contribution in [3.05, 3.63) is 65.3 Å². The lowest BCUT2D eigenvalue weighted by atomic mass is 10.1. The van der Waals surface area contributed by atoms with Gasteiger partial charge < -0.3 is 14.5 Å². The Morgan fingerprint density at radius 1 is 1.03 bits per heavy atom. The second-order valence-electron chi connectivity index (χ2n) is 7.03. The molecule has 29 heavy (non-hydrogen) atoms. The number of methoxy groups -OCH3 is 1. The predicted molar refractivity (Wildman–Crippen MR) is 115 cm³/mol. The van der Waals surface area contributed by atoms with Crippen molar-refractivity contribution in [1.82, 2.24) is 14.7 Å². The summed E-state index contributed by atoms with van der Waals surface area (Å²) in [6, 6.07) is 17.3. The number of carbonyl (C=O) groups excluding carboxylic acids is 1. The zero-order valence-electron chi connectivity index (χ0n) is 16.5. The summed E-state index contributed by atoms with van der Waals surface area (Å²) in [6.45, 7) is 2.87. The topological polar surface area (TPSA) is 50.6 Å². The van der Waals surface area contributed by atoms with Gasteiger partial charge in [0.05, 0.1) is 12.8 Å². The molecule has 7 heteroatoms. The fourth-order valence-electron chi connectivity index (χ4n) is 3.59. The van der Waals surface area contributed by atoms with Crippen LogP contribution >= 0.6 is 11.6 Å². The van der Waals surface area contributed by atoms with E-state index in [0.717, 1.165) is 35.8 Å². The third-order valence-electron chi connectivity index (χ3n) is 5.20. The van der Waals surface area contributed by atoms with Crippen molar-refractivity contribution in [3.63, 3.8) is 0 Å². The number of carbonyl (C=O) groups is 1. The lowest BCUT2D eigenvalue weighted by Crippen LogP contribution is -2.49. The Morgan fingerprint density at radius 2 is 1.79 bits per heavy atom. The van der Waals surface area contributed by atoms with Gasteiger partial charge in [0.2, 0.25) is 0 Å². The van der Waals surface area contributed by atoms with E-state index in [-0.39, 0.29) is 5.91 Å². The van der Waals surface area contributed by atoms with Gasteiger partial charge in [-0.3, -0.25) is 9.48 Å². The van der Waals surface area contributed by atoms with Gasteiger partial charge in [-0.15, -0.1) is 0 Å². The highest BCUT2D eigenvalue weighted by molar-refractivity contribution is 6.30. The minimum Gasteiger partial charge on any atom is -0.497 e. The van der Waals surface area contributed by atoms with Crippen LogP contribution in [-0.2, 0) is 7.05 Å². The molecule has 150 valence electrons. The first-order valence-electron chi connectivity index (χ1n) is 9.53. The Hall–Kier alpha value is -2.99. The van der Waals surface area contributed by atoms with E-state index >= 15 is 0 Å². The Labute approximate surface area is 175 Å². The van der Waals surface area contributed by atoms with E-state index in [2.05, 4.69) is 16.1 Å². The Kier molecular flexibility index (Phi) is 5.45. The standard InChI is InChI=1S/C22H23ClN4O2/c1-25-21(15-20(24-25)16-5-3-6-17(23)13-16)22(28)27-11-9-26(10-12-27)18-7-4-8-19(14-18)29-2/h3-8,13-15H,9-12H2,1-2H3. The molecule has 6 nitrogen and oxygen atoms in total. The molecule has 0 bridgehead atoms. The number of aryl methyl sites for hydroxylation is 1. The molecule has 0 N–H and O–H groups in total. The maximum absolute atomic E-state index is 13.1. The average Bonchev–Trinajstić information content (AvgIpc) is 3.15. The number of ether oxygens (including phenoxy) is 1. The number of piperazine rings is 1. The summed E-state index contributed by atoms with van der Waals surface area (Å²) in [6.07, 6.45) is 0. The summed E-state index contributed by atoms with van der Waals surface area (Å²) in [4.78, 5) is 17.2. The van der Waals surface area contributed by atoms with Gasteiger partial charge in [-0.2, -0.15) is 5.10 Å². The van der Waals surface area contributed by atoms with Crippen LogP contribution in [0.4, 0.5) is 5.69 Å². The molecule has 0 aliphatic carbocycles. The van der Waals surface area contributed by atoms with Gasteiger partial charge in [0.25, 0.3) is 5.91 Å². The number of amides is 1. The normalized spacial score (nSPS) is 14.2. The molecule has 1 aromatic heterocycles. The molecule has 1 aliphatic heterocycles. The molecule has 2 heterocycles. The van der Waals surface area contributed by atoms with Crippen LogP contribution in [-0.4, -0.2) is 53.9 Å². The summed E-state index contributed by atoms with van der Waals surface area (Å²) in [5.74, 6) is 0.836. The van der Waals surface area contributed by atoms with Gasteiger partial charge in [-0.05, 0) is 30.3 Å². The van der Waals surface area contributed by atoms with Crippen LogP contribution in [0.2, 0.25) is 5.02 Å². The summed E-state index contributed by atoms with van der Waals surface area (Å²) in [7, 11) is 3.47. The van der Waals surface area contributed by atoms with E-state index in [9.17, 15) is 4.79 Å². The van der Waals surface area contributed by atoms with Crippen molar-refractivity contribution >= 4 is 23.2 Å². The first-order valence-corrected chi connectivity index (χ1v) is 9.91. The van der Waals surface area contributed by atoms with Crippen LogP contribution in [0.15, 0.2) is 54.6 Å². The predicted octanol–water partition coefficient (Wildman–Crippen LogP) is 3.71. The SMILES string of the molecule is COc1cccc(N2CCN(C(=O)c3cc(-c4cccc(Cl)c4)nn3C)CC2)c1. The van der Waals surface area contributed by atoms with Crippen molar-refractivity contribution in [1.29, 1.82) is 0 Å². The van der Waals surface area contributed by atoms with Gasteiger partial charge >= 0.3 is 0 Å². The molecular formula is C22H23ClN4O2. The molecule has 1 amide bonds. The zero-order valence-corrected chi connectivity index (χ0v) is 17.3. The number of nitrogens with zero attached hydrogens (tertiary/aromatic N) is 4. The average molecular weight is 411 g/mol. The van der Waals surface area contributed by atoms with E-state index < -0.39 is 0 Å². The summed E-state index contributed by atoms with van der Waals surface area (Å²) in [5.41, 5.74) is 3.33. The lowest BCUT2D eigenvalue weighted by Gasteiger charge is -2.36. The number of anilines is 1. The summed E-state index contributed by atoms with van der Waals surface area (Å²) >= 11 is 6.09. The van der Waals surface area contributed by atoms with Crippen LogP contribution in [0.1, 0.15) is 10.5 Å². The summed E-state index contributed by atoms with van der Waals surface area (Å²) < 4.78 is 6.96. The van der Waals surface area contributed by atoms with E-state index in [1.807, 2.05) is 53.4 Å². The van der Waals surface area contributed by atoms with Crippen molar-refractivity contribution < 1.29 is 9.53 Å². The van der Waals surface area contributed by atoms with Crippen molar-refractivity contribution in [2.45, 2.75) is 0 Å². The van der Waals surface area contributed by atoms with Crippen LogP contribution in [0, 0.1) is 0 Å². The molecule has 3 aromatic rings. The minimum atomic E-state index is -0.00132. The highest BCUT2D eigenvalue weighted by Gasteiger charge is 2.25. The zero-order chi connectivity index (χ0) is 20.4. The van der Waals surface area contributed by atoms with Crippen molar-refractivity contribution in [3.8, 4) is 17.0 Å². The largest absolute Gasteiger partial charge is 0.497 e. The van der Waals surface area contributed by atoms with Crippen LogP contribution in [0.3, 0.4) is 0 Å². The van der Waals surface area contributed by atoms with Crippen LogP contribution < -0.4 is 9.64 Å². The molecule has 1 aliphatic rings.